The van der Waals surface area contributed by atoms with Crippen molar-refractivity contribution in [2.24, 2.45) is 5.73 Å². The molecule has 0 bridgehead atoms. The van der Waals surface area contributed by atoms with Crippen LogP contribution in [0, 0.1) is 0 Å². The van der Waals surface area contributed by atoms with Gasteiger partial charge in [0.15, 0.2) is 0 Å². The van der Waals surface area contributed by atoms with Crippen molar-refractivity contribution in [3.8, 4) is 0 Å². The summed E-state index contributed by atoms with van der Waals surface area (Å²) in [4.78, 5) is 35.8. The molecule has 1 aliphatic heterocycles. The highest BCUT2D eigenvalue weighted by atomic mass is 32.2. The average molecular weight is 476 g/mol. The third-order valence-electron chi connectivity index (χ3n) is 5.71. The first kappa shape index (κ1) is 24.2. The fourth-order valence-electron chi connectivity index (χ4n) is 3.96. The number of sulfone groups is 1. The van der Waals surface area contributed by atoms with Crippen molar-refractivity contribution in [2.75, 3.05) is 6.54 Å². The first-order chi connectivity index (χ1) is 15.6. The predicted octanol–water partition coefficient (Wildman–Crippen LogP) is 1.16. The lowest BCUT2D eigenvalue weighted by atomic mass is 10.0. The van der Waals surface area contributed by atoms with Crippen LogP contribution in [0.25, 0.3) is 0 Å². The Hall–Kier alpha value is -3.44. The van der Waals surface area contributed by atoms with Gasteiger partial charge in [-0.15, -0.1) is 0 Å². The van der Waals surface area contributed by atoms with E-state index in [0.717, 1.165) is 4.90 Å². The Bertz CT molecular complexity index is 1140. The number of carbonyl (C=O) groups excluding carboxylic acids is 2. The van der Waals surface area contributed by atoms with Gasteiger partial charge in [-0.3, -0.25) is 9.69 Å². The maximum atomic E-state index is 13.5. The smallest absolute Gasteiger partial charge is 0.346 e. The van der Waals surface area contributed by atoms with E-state index in [9.17, 15) is 33.0 Å². The monoisotopic (exact) mass is 475 g/mol. The number of likely N-dealkylation sites (tertiary alicyclic amines) is 1. The van der Waals surface area contributed by atoms with E-state index in [-0.39, 0.29) is 30.9 Å². The van der Waals surface area contributed by atoms with Gasteiger partial charge in [-0.05, 0) is 42.5 Å². The summed E-state index contributed by atoms with van der Waals surface area (Å²) in [7, 11) is -4.53. The number of carboxylic acids is 1. The van der Waals surface area contributed by atoms with Crippen molar-refractivity contribution in [1.29, 1.82) is 0 Å². The second-order valence-corrected chi connectivity index (χ2v) is 9.85. The van der Waals surface area contributed by atoms with E-state index in [1.54, 1.807) is 18.2 Å². The van der Waals surface area contributed by atoms with Crippen LogP contribution in [-0.2, 0) is 26.0 Å². The van der Waals surface area contributed by atoms with Crippen molar-refractivity contribution >= 4 is 27.7 Å². The van der Waals surface area contributed by atoms with Crippen LogP contribution in [0.15, 0.2) is 59.5 Å². The molecule has 2 aromatic rings. The molecule has 0 unspecified atom stereocenters. The molecule has 0 aliphatic carbocycles. The summed E-state index contributed by atoms with van der Waals surface area (Å²) in [6, 6.07) is 10.8. The topological polar surface area (TPSA) is 167 Å². The van der Waals surface area contributed by atoms with Crippen molar-refractivity contribution in [3.05, 3.63) is 65.7 Å². The van der Waals surface area contributed by atoms with Gasteiger partial charge in [0.25, 0.3) is 0 Å². The summed E-state index contributed by atoms with van der Waals surface area (Å²) < 4.78 is 27.0. The molecule has 10 nitrogen and oxygen atoms in total. The number of primary amides is 1. The lowest BCUT2D eigenvalue weighted by Crippen LogP contribution is -2.66. The molecule has 0 aromatic heterocycles. The van der Waals surface area contributed by atoms with E-state index in [4.69, 9.17) is 5.73 Å². The Morgan fingerprint density at radius 1 is 1.06 bits per heavy atom. The fourth-order valence-corrected chi connectivity index (χ4v) is 5.98. The highest BCUT2D eigenvalue weighted by Gasteiger charge is 2.59. The van der Waals surface area contributed by atoms with Crippen LogP contribution in [0.2, 0.25) is 0 Å². The number of aliphatic hydroxyl groups is 1. The number of rotatable bonds is 7. The molecule has 3 rings (SSSR count). The molecule has 1 fully saturated rings. The van der Waals surface area contributed by atoms with Crippen molar-refractivity contribution in [2.45, 2.75) is 41.7 Å². The van der Waals surface area contributed by atoms with Gasteiger partial charge in [-0.2, -0.15) is 0 Å². The minimum absolute atomic E-state index is 0.140. The van der Waals surface area contributed by atoms with E-state index in [1.165, 1.54) is 36.4 Å². The second-order valence-electron chi connectivity index (χ2n) is 7.70. The molecule has 0 spiro atoms. The zero-order valence-electron chi connectivity index (χ0n) is 17.7. The van der Waals surface area contributed by atoms with E-state index in [2.05, 4.69) is 5.32 Å². The summed E-state index contributed by atoms with van der Waals surface area (Å²) in [6.07, 6.45) is 0.364. The SMILES string of the molecule is NC(=O)[C@@H](NC(=O)N1CCCC[C@@]1(C(=O)O)S(=O)(=O)c1ccccc1)c1ccc(CO)cc1. The first-order valence-electron chi connectivity index (χ1n) is 10.3. The molecule has 0 radical (unpaired) electrons. The number of nitrogens with one attached hydrogen (secondary N) is 1. The van der Waals surface area contributed by atoms with Crippen molar-refractivity contribution in [3.63, 3.8) is 0 Å². The molecule has 3 amide bonds. The standard InChI is InChI=1S/C22H25N3O7S/c23-19(27)18(16-10-8-15(14-26)9-11-16)24-21(30)25-13-5-4-12-22(25,20(28)29)33(31,32)17-6-2-1-3-7-17/h1-3,6-11,18,26H,4-5,12-14H2,(H2,23,27)(H,24,30)(H,28,29)/t18-,22-/m0/s1. The lowest BCUT2D eigenvalue weighted by molar-refractivity contribution is -0.145. The maximum absolute atomic E-state index is 13.5. The molecule has 176 valence electrons. The van der Waals surface area contributed by atoms with Crippen LogP contribution < -0.4 is 11.1 Å². The average Bonchev–Trinajstić information content (AvgIpc) is 2.82. The Morgan fingerprint density at radius 2 is 1.70 bits per heavy atom. The van der Waals surface area contributed by atoms with Crippen LogP contribution in [0.3, 0.4) is 0 Å². The van der Waals surface area contributed by atoms with Gasteiger partial charge in [0.2, 0.25) is 20.6 Å². The summed E-state index contributed by atoms with van der Waals surface area (Å²) in [5, 5.41) is 21.7. The van der Waals surface area contributed by atoms with Gasteiger partial charge < -0.3 is 21.3 Å². The molecule has 33 heavy (non-hydrogen) atoms. The lowest BCUT2D eigenvalue weighted by Gasteiger charge is -2.43. The second kappa shape index (κ2) is 9.59. The summed E-state index contributed by atoms with van der Waals surface area (Å²) in [5.74, 6) is -2.59. The first-order valence-corrected chi connectivity index (χ1v) is 11.7. The van der Waals surface area contributed by atoms with Crippen LogP contribution in [0.4, 0.5) is 4.79 Å². The third-order valence-corrected chi connectivity index (χ3v) is 8.09. The van der Waals surface area contributed by atoms with Crippen LogP contribution in [0.5, 0.6) is 0 Å². The molecule has 1 saturated heterocycles. The van der Waals surface area contributed by atoms with Gasteiger partial charge in [0, 0.05) is 6.54 Å². The van der Waals surface area contributed by atoms with E-state index >= 15 is 0 Å². The number of nitrogens with zero attached hydrogens (tertiary/aromatic N) is 1. The van der Waals surface area contributed by atoms with Crippen LogP contribution in [-0.4, -0.2) is 52.9 Å². The van der Waals surface area contributed by atoms with Gasteiger partial charge >= 0.3 is 12.0 Å². The summed E-state index contributed by atoms with van der Waals surface area (Å²) in [6.45, 7) is -0.362. The van der Waals surface area contributed by atoms with E-state index < -0.39 is 38.7 Å². The minimum Gasteiger partial charge on any atom is -0.479 e. The Kier molecular flexibility index (Phi) is 7.04. The highest BCUT2D eigenvalue weighted by molar-refractivity contribution is 7.93. The molecular formula is C22H25N3O7S. The molecule has 0 saturated carbocycles. The number of carbonyl (C=O) groups is 3. The number of piperidine rings is 1. The molecule has 2 aromatic carbocycles. The molecule has 11 heteroatoms. The quantitative estimate of drug-likeness (QED) is 0.466. The minimum atomic E-state index is -4.53. The number of aliphatic carboxylic acids is 1. The third kappa shape index (κ3) is 4.41. The number of aliphatic hydroxyl groups excluding tert-OH is 1. The number of carboxylic acid groups (broad SMARTS) is 1. The predicted molar refractivity (Wildman–Crippen MR) is 117 cm³/mol. The summed E-state index contributed by atoms with van der Waals surface area (Å²) in [5.41, 5.74) is 6.34. The molecule has 1 heterocycles. The zero-order chi connectivity index (χ0) is 24.2. The molecular weight excluding hydrogens is 450 g/mol. The zero-order valence-corrected chi connectivity index (χ0v) is 18.5. The van der Waals surface area contributed by atoms with Crippen molar-refractivity contribution < 1.29 is 33.0 Å². The Labute approximate surface area is 190 Å². The van der Waals surface area contributed by atoms with E-state index in [1.807, 2.05) is 0 Å². The number of hydrogen-bond acceptors (Lipinski definition) is 6. The maximum Gasteiger partial charge on any atom is 0.346 e. The highest BCUT2D eigenvalue weighted by Crippen LogP contribution is 2.38. The summed E-state index contributed by atoms with van der Waals surface area (Å²) >= 11 is 0. The van der Waals surface area contributed by atoms with E-state index in [0.29, 0.717) is 17.5 Å². The molecule has 2 atom stereocenters. The van der Waals surface area contributed by atoms with Gasteiger partial charge in [-0.25, -0.2) is 18.0 Å². The Balaban J connectivity index is 2.01. The largest absolute Gasteiger partial charge is 0.479 e. The molecule has 1 aliphatic rings. The fraction of sp³-hybridized carbons (Fsp3) is 0.318. The van der Waals surface area contributed by atoms with Gasteiger partial charge in [-0.1, -0.05) is 42.5 Å². The normalized spacial score (nSPS) is 19.5. The number of amides is 3. The van der Waals surface area contributed by atoms with Gasteiger partial charge in [0.05, 0.1) is 11.5 Å². The Morgan fingerprint density at radius 3 is 2.24 bits per heavy atom. The van der Waals surface area contributed by atoms with Crippen LogP contribution >= 0.6 is 0 Å². The van der Waals surface area contributed by atoms with Crippen molar-refractivity contribution in [1.82, 2.24) is 10.2 Å². The van der Waals surface area contributed by atoms with Gasteiger partial charge in [0.1, 0.15) is 6.04 Å². The number of hydrogen-bond donors (Lipinski definition) is 4. The number of urea groups is 1. The number of benzene rings is 2. The molecule has 5 N–H and O–H groups in total. The number of nitrogens with two attached hydrogens (primary N) is 1. The van der Waals surface area contributed by atoms with Crippen LogP contribution in [0.1, 0.15) is 36.4 Å².